The van der Waals surface area contributed by atoms with Crippen LogP contribution >= 0.6 is 0 Å². The molecule has 25 heavy (non-hydrogen) atoms. The van der Waals surface area contributed by atoms with E-state index in [0.29, 0.717) is 23.1 Å². The minimum atomic E-state index is -1.75. The third kappa shape index (κ3) is 3.16. The van der Waals surface area contributed by atoms with Crippen molar-refractivity contribution in [2.24, 2.45) is 0 Å². The first-order valence-electron chi connectivity index (χ1n) is 8.32. The van der Waals surface area contributed by atoms with Gasteiger partial charge in [-0.1, -0.05) is 11.8 Å². The maximum absolute atomic E-state index is 12.7. The Bertz CT molecular complexity index is 971. The lowest BCUT2D eigenvalue weighted by Gasteiger charge is -2.17. The first-order chi connectivity index (χ1) is 12.0. The summed E-state index contributed by atoms with van der Waals surface area (Å²) in [7, 11) is 0. The van der Waals surface area contributed by atoms with Crippen molar-refractivity contribution in [3.63, 3.8) is 0 Å². The summed E-state index contributed by atoms with van der Waals surface area (Å²) < 4.78 is 6.86. The molecule has 2 aliphatic rings. The van der Waals surface area contributed by atoms with E-state index in [1.807, 2.05) is 6.08 Å². The normalized spacial score (nSPS) is 21.1. The second-order valence-corrected chi connectivity index (χ2v) is 6.45. The average molecular weight is 338 g/mol. The van der Waals surface area contributed by atoms with Gasteiger partial charge in [-0.15, -0.1) is 0 Å². The number of rotatable bonds is 0. The number of ether oxygens (including phenoxy) is 1. The first kappa shape index (κ1) is 15.9. The summed E-state index contributed by atoms with van der Waals surface area (Å²) in [5.74, 6) is 4.94. The number of benzene rings is 1. The van der Waals surface area contributed by atoms with Gasteiger partial charge in [-0.2, -0.15) is 0 Å². The van der Waals surface area contributed by atoms with Gasteiger partial charge in [0.15, 0.2) is 11.9 Å². The van der Waals surface area contributed by atoms with Gasteiger partial charge in [0, 0.05) is 37.8 Å². The minimum Gasteiger partial charge on any atom is -0.485 e. The Labute approximate surface area is 144 Å². The molecule has 128 valence electrons. The fraction of sp³-hybridized carbons (Fsp3) is 0.368. The third-order valence-corrected chi connectivity index (χ3v) is 4.59. The molecule has 0 bridgehead atoms. The molecule has 2 N–H and O–H groups in total. The largest absolute Gasteiger partial charge is 0.485 e. The molecule has 4 rings (SSSR count). The van der Waals surface area contributed by atoms with E-state index >= 15 is 0 Å². The van der Waals surface area contributed by atoms with Crippen molar-refractivity contribution >= 4 is 10.9 Å². The number of aliphatic hydroxyl groups is 2. The molecule has 6 nitrogen and oxygen atoms in total. The Morgan fingerprint density at radius 1 is 1.32 bits per heavy atom. The number of aromatic nitrogens is 2. The maximum Gasteiger partial charge on any atom is 0.261 e. The number of fused-ring (bicyclic) bond motifs is 2. The Hall–Kier alpha value is -2.62. The zero-order valence-electron chi connectivity index (χ0n) is 13.6. The molecule has 0 saturated carbocycles. The summed E-state index contributed by atoms with van der Waals surface area (Å²) in [6.07, 6.45) is 4.86. The van der Waals surface area contributed by atoms with Gasteiger partial charge in [0.1, 0.15) is 5.82 Å². The molecule has 1 atom stereocenters. The van der Waals surface area contributed by atoms with Crippen LogP contribution in [0, 0.1) is 11.8 Å². The highest BCUT2D eigenvalue weighted by Crippen LogP contribution is 2.21. The van der Waals surface area contributed by atoms with E-state index in [0.717, 1.165) is 12.0 Å². The summed E-state index contributed by atoms with van der Waals surface area (Å²) >= 11 is 0. The molecule has 2 aliphatic heterocycles. The van der Waals surface area contributed by atoms with Crippen LogP contribution < -0.4 is 5.56 Å². The number of hydrogen-bond donors (Lipinski definition) is 2. The SMILES string of the molecule is O=c1c2ccc(C#CC3CC=CO3)cc2nc2n1CCC(O)(O)CC2. The van der Waals surface area contributed by atoms with Gasteiger partial charge in [0.05, 0.1) is 17.2 Å². The fourth-order valence-corrected chi connectivity index (χ4v) is 3.14. The summed E-state index contributed by atoms with van der Waals surface area (Å²) in [6, 6.07) is 5.32. The van der Waals surface area contributed by atoms with Gasteiger partial charge in [-0.05, 0) is 24.3 Å². The van der Waals surface area contributed by atoms with Crippen LogP contribution in [0.1, 0.15) is 30.7 Å². The zero-order chi connectivity index (χ0) is 17.4. The summed E-state index contributed by atoms with van der Waals surface area (Å²) in [4.78, 5) is 17.3. The summed E-state index contributed by atoms with van der Waals surface area (Å²) in [5, 5.41) is 20.2. The summed E-state index contributed by atoms with van der Waals surface area (Å²) in [5.41, 5.74) is 1.20. The predicted molar refractivity (Wildman–Crippen MR) is 91.6 cm³/mol. The van der Waals surface area contributed by atoms with Crippen LogP contribution in [0.4, 0.5) is 0 Å². The molecule has 1 aromatic carbocycles. The summed E-state index contributed by atoms with van der Waals surface area (Å²) in [6.45, 7) is 0.248. The highest BCUT2D eigenvalue weighted by molar-refractivity contribution is 5.79. The lowest BCUT2D eigenvalue weighted by Crippen LogP contribution is -2.29. The van der Waals surface area contributed by atoms with Gasteiger partial charge in [-0.3, -0.25) is 9.36 Å². The molecule has 6 heteroatoms. The standard InChI is InChI=1S/C19H18N2O4/c22-18-15-6-4-13(3-5-14-2-1-11-25-14)12-16(15)20-17-7-8-19(23,24)9-10-21(17)18/h1,4,6,11-12,14,23-24H,2,7-10H2. The topological polar surface area (TPSA) is 84.6 Å². The monoisotopic (exact) mass is 338 g/mol. The van der Waals surface area contributed by atoms with Gasteiger partial charge >= 0.3 is 0 Å². The van der Waals surface area contributed by atoms with E-state index < -0.39 is 5.79 Å². The quantitative estimate of drug-likeness (QED) is 0.554. The Balaban J connectivity index is 1.73. The number of nitrogens with zero attached hydrogens (tertiary/aromatic N) is 2. The van der Waals surface area contributed by atoms with Gasteiger partial charge in [-0.25, -0.2) is 4.98 Å². The van der Waals surface area contributed by atoms with E-state index in [1.165, 1.54) is 0 Å². The molecular formula is C19H18N2O4. The number of hydrogen-bond acceptors (Lipinski definition) is 5. The van der Waals surface area contributed by atoms with Gasteiger partial charge in [0.2, 0.25) is 0 Å². The predicted octanol–water partition coefficient (Wildman–Crippen LogP) is 1.07. The van der Waals surface area contributed by atoms with Gasteiger partial charge < -0.3 is 14.9 Å². The molecule has 1 aromatic heterocycles. The Morgan fingerprint density at radius 2 is 2.20 bits per heavy atom. The van der Waals surface area contributed by atoms with Crippen molar-refractivity contribution in [3.8, 4) is 11.8 Å². The number of aryl methyl sites for hydroxylation is 1. The Morgan fingerprint density at radius 3 is 3.00 bits per heavy atom. The molecular weight excluding hydrogens is 320 g/mol. The van der Waals surface area contributed by atoms with E-state index in [1.54, 1.807) is 29.0 Å². The minimum absolute atomic E-state index is 0.117. The van der Waals surface area contributed by atoms with Crippen molar-refractivity contribution < 1.29 is 14.9 Å². The third-order valence-electron chi connectivity index (χ3n) is 4.59. The van der Waals surface area contributed by atoms with Crippen molar-refractivity contribution in [1.82, 2.24) is 9.55 Å². The average Bonchev–Trinajstić information content (AvgIpc) is 3.05. The van der Waals surface area contributed by atoms with Crippen LogP contribution in [0.2, 0.25) is 0 Å². The van der Waals surface area contributed by atoms with Crippen molar-refractivity contribution in [1.29, 1.82) is 0 Å². The lowest BCUT2D eigenvalue weighted by atomic mass is 10.1. The Kier molecular flexibility index (Phi) is 3.83. The molecule has 0 radical (unpaired) electrons. The van der Waals surface area contributed by atoms with Crippen LogP contribution in [0.3, 0.4) is 0 Å². The molecule has 1 unspecified atom stereocenters. The maximum atomic E-state index is 12.7. The van der Waals surface area contributed by atoms with Crippen molar-refractivity contribution in [3.05, 3.63) is 52.3 Å². The molecule has 0 amide bonds. The first-order valence-corrected chi connectivity index (χ1v) is 8.32. The lowest BCUT2D eigenvalue weighted by molar-refractivity contribution is -0.169. The van der Waals surface area contributed by atoms with Crippen LogP contribution in [0.25, 0.3) is 10.9 Å². The van der Waals surface area contributed by atoms with E-state index in [-0.39, 0.29) is 31.0 Å². The van der Waals surface area contributed by atoms with Crippen LogP contribution in [0.5, 0.6) is 0 Å². The molecule has 0 saturated heterocycles. The highest BCUT2D eigenvalue weighted by Gasteiger charge is 2.28. The van der Waals surface area contributed by atoms with Crippen LogP contribution in [-0.4, -0.2) is 31.7 Å². The molecule has 2 aromatic rings. The molecule has 3 heterocycles. The fourth-order valence-electron chi connectivity index (χ4n) is 3.14. The molecule has 0 spiro atoms. The molecule has 0 fully saturated rings. The smallest absolute Gasteiger partial charge is 0.261 e. The zero-order valence-corrected chi connectivity index (χ0v) is 13.6. The van der Waals surface area contributed by atoms with Crippen LogP contribution in [-0.2, 0) is 17.7 Å². The van der Waals surface area contributed by atoms with E-state index in [2.05, 4.69) is 16.8 Å². The van der Waals surface area contributed by atoms with Crippen molar-refractivity contribution in [2.45, 2.75) is 44.1 Å². The highest BCUT2D eigenvalue weighted by atomic mass is 16.5. The van der Waals surface area contributed by atoms with E-state index in [4.69, 9.17) is 4.74 Å². The van der Waals surface area contributed by atoms with Crippen LogP contribution in [0.15, 0.2) is 35.3 Å². The second-order valence-electron chi connectivity index (χ2n) is 6.45. The van der Waals surface area contributed by atoms with E-state index in [9.17, 15) is 15.0 Å². The second kappa shape index (κ2) is 6.03. The molecule has 0 aliphatic carbocycles. The van der Waals surface area contributed by atoms with Crippen molar-refractivity contribution in [2.75, 3.05) is 0 Å². The van der Waals surface area contributed by atoms with Gasteiger partial charge in [0.25, 0.3) is 5.56 Å².